The molecule has 0 aliphatic heterocycles. The van der Waals surface area contributed by atoms with Gasteiger partial charge in [-0.05, 0) is 38.3 Å². The first-order chi connectivity index (χ1) is 7.67. The van der Waals surface area contributed by atoms with Crippen LogP contribution in [0, 0.1) is 0 Å². The van der Waals surface area contributed by atoms with Crippen molar-refractivity contribution in [2.75, 3.05) is 7.11 Å². The molecular weight excluding hydrogens is 198 g/mol. The third kappa shape index (κ3) is 3.86. The fourth-order valence-corrected chi connectivity index (χ4v) is 1.86. The van der Waals surface area contributed by atoms with Gasteiger partial charge in [0.1, 0.15) is 5.75 Å². The van der Waals surface area contributed by atoms with Crippen molar-refractivity contribution in [1.29, 1.82) is 0 Å². The van der Waals surface area contributed by atoms with Gasteiger partial charge in [0.2, 0.25) is 0 Å². The minimum atomic E-state index is 0.478. The highest BCUT2D eigenvalue weighted by atomic mass is 16.5. The van der Waals surface area contributed by atoms with Crippen molar-refractivity contribution in [1.82, 2.24) is 5.32 Å². The summed E-state index contributed by atoms with van der Waals surface area (Å²) in [4.78, 5) is 0. The summed E-state index contributed by atoms with van der Waals surface area (Å²) in [7, 11) is 1.73. The maximum Gasteiger partial charge on any atom is 0.122 e. The number of para-hydroxylation sites is 1. The van der Waals surface area contributed by atoms with Crippen LogP contribution in [0.15, 0.2) is 24.3 Å². The topological polar surface area (TPSA) is 21.3 Å². The van der Waals surface area contributed by atoms with Gasteiger partial charge in [-0.3, -0.25) is 0 Å². The molecule has 0 heterocycles. The third-order valence-corrected chi connectivity index (χ3v) is 2.90. The van der Waals surface area contributed by atoms with Gasteiger partial charge in [0.15, 0.2) is 0 Å². The first-order valence-corrected chi connectivity index (χ1v) is 6.05. The predicted octanol–water partition coefficient (Wildman–Crippen LogP) is 3.01. The Kier molecular flexibility index (Phi) is 5.33. The number of hydrogen-bond acceptors (Lipinski definition) is 2. The molecule has 0 aliphatic rings. The van der Waals surface area contributed by atoms with E-state index in [-0.39, 0.29) is 0 Å². The van der Waals surface area contributed by atoms with E-state index < -0.39 is 0 Å². The Labute approximate surface area is 99.0 Å². The molecule has 0 aliphatic carbocycles. The van der Waals surface area contributed by atoms with E-state index >= 15 is 0 Å². The van der Waals surface area contributed by atoms with Crippen LogP contribution in [0.4, 0.5) is 0 Å². The molecule has 0 radical (unpaired) electrons. The molecule has 2 nitrogen and oxygen atoms in total. The summed E-state index contributed by atoms with van der Waals surface area (Å²) in [6.07, 6.45) is 2.17. The van der Waals surface area contributed by atoms with Gasteiger partial charge in [-0.15, -0.1) is 0 Å². The van der Waals surface area contributed by atoms with Crippen LogP contribution in [-0.2, 0) is 6.42 Å². The van der Waals surface area contributed by atoms with E-state index in [2.05, 4.69) is 38.2 Å². The van der Waals surface area contributed by atoms with Crippen LogP contribution in [0.3, 0.4) is 0 Å². The second-order valence-corrected chi connectivity index (χ2v) is 4.39. The Morgan fingerprint density at radius 2 is 1.88 bits per heavy atom. The van der Waals surface area contributed by atoms with Crippen molar-refractivity contribution >= 4 is 0 Å². The second-order valence-electron chi connectivity index (χ2n) is 4.39. The van der Waals surface area contributed by atoms with Crippen LogP contribution in [0.25, 0.3) is 0 Å². The molecule has 0 fully saturated rings. The molecular formula is C14H23NO. The van der Waals surface area contributed by atoms with Crippen molar-refractivity contribution in [3.63, 3.8) is 0 Å². The molecule has 90 valence electrons. The molecule has 0 saturated carbocycles. The van der Waals surface area contributed by atoms with Gasteiger partial charge < -0.3 is 10.1 Å². The summed E-state index contributed by atoms with van der Waals surface area (Å²) in [6, 6.07) is 9.28. The largest absolute Gasteiger partial charge is 0.496 e. The number of methoxy groups -OCH3 is 1. The molecule has 2 unspecified atom stereocenters. The van der Waals surface area contributed by atoms with Crippen molar-refractivity contribution < 1.29 is 4.74 Å². The number of benzene rings is 1. The van der Waals surface area contributed by atoms with E-state index in [9.17, 15) is 0 Å². The van der Waals surface area contributed by atoms with Gasteiger partial charge in [-0.2, -0.15) is 0 Å². The number of rotatable bonds is 6. The van der Waals surface area contributed by atoms with Crippen LogP contribution >= 0.6 is 0 Å². The van der Waals surface area contributed by atoms with Gasteiger partial charge in [-0.1, -0.05) is 25.1 Å². The number of hydrogen-bond donors (Lipinski definition) is 1. The van der Waals surface area contributed by atoms with Gasteiger partial charge >= 0.3 is 0 Å². The van der Waals surface area contributed by atoms with E-state index in [4.69, 9.17) is 4.74 Å². The Morgan fingerprint density at radius 3 is 2.50 bits per heavy atom. The molecule has 1 N–H and O–H groups in total. The third-order valence-electron chi connectivity index (χ3n) is 2.90. The average Bonchev–Trinajstić information content (AvgIpc) is 2.29. The highest BCUT2D eigenvalue weighted by Gasteiger charge is 2.09. The van der Waals surface area contributed by atoms with E-state index in [1.807, 2.05) is 12.1 Å². The minimum Gasteiger partial charge on any atom is -0.496 e. The smallest absolute Gasteiger partial charge is 0.122 e. The van der Waals surface area contributed by atoms with E-state index in [0.717, 1.165) is 18.6 Å². The zero-order chi connectivity index (χ0) is 12.0. The van der Waals surface area contributed by atoms with Crippen molar-refractivity contribution in [3.8, 4) is 5.75 Å². The lowest BCUT2D eigenvalue weighted by atomic mass is 10.1. The van der Waals surface area contributed by atoms with E-state index in [0.29, 0.717) is 12.1 Å². The summed E-state index contributed by atoms with van der Waals surface area (Å²) in [5.74, 6) is 0.986. The summed E-state index contributed by atoms with van der Waals surface area (Å²) < 4.78 is 5.35. The SMILES string of the molecule is CCC(C)NC(C)Cc1ccccc1OC. The summed E-state index contributed by atoms with van der Waals surface area (Å²) in [6.45, 7) is 6.64. The maximum absolute atomic E-state index is 5.35. The van der Waals surface area contributed by atoms with Gasteiger partial charge in [0, 0.05) is 12.1 Å². The second kappa shape index (κ2) is 6.54. The molecule has 1 aromatic carbocycles. The first-order valence-electron chi connectivity index (χ1n) is 6.05. The quantitative estimate of drug-likeness (QED) is 0.797. The average molecular weight is 221 g/mol. The lowest BCUT2D eigenvalue weighted by molar-refractivity contribution is 0.401. The monoisotopic (exact) mass is 221 g/mol. The zero-order valence-electron chi connectivity index (χ0n) is 10.8. The van der Waals surface area contributed by atoms with Crippen LogP contribution in [0.5, 0.6) is 5.75 Å². The van der Waals surface area contributed by atoms with Crippen molar-refractivity contribution in [2.45, 2.75) is 45.7 Å². The van der Waals surface area contributed by atoms with Crippen molar-refractivity contribution in [2.24, 2.45) is 0 Å². The van der Waals surface area contributed by atoms with Gasteiger partial charge in [-0.25, -0.2) is 0 Å². The summed E-state index contributed by atoms with van der Waals surface area (Å²) in [5.41, 5.74) is 1.27. The fourth-order valence-electron chi connectivity index (χ4n) is 1.86. The Balaban J connectivity index is 2.58. The molecule has 0 amide bonds. The minimum absolute atomic E-state index is 0.478. The molecule has 0 aromatic heterocycles. The number of ether oxygens (including phenoxy) is 1. The molecule has 0 bridgehead atoms. The van der Waals surface area contributed by atoms with E-state index in [1.54, 1.807) is 7.11 Å². The molecule has 0 spiro atoms. The maximum atomic E-state index is 5.35. The molecule has 2 atom stereocenters. The highest BCUT2D eigenvalue weighted by molar-refractivity contribution is 5.33. The standard InChI is InChI=1S/C14H23NO/c1-5-11(2)15-12(3)10-13-8-6-7-9-14(13)16-4/h6-9,11-12,15H,5,10H2,1-4H3. The van der Waals surface area contributed by atoms with Crippen LogP contribution in [-0.4, -0.2) is 19.2 Å². The van der Waals surface area contributed by atoms with Crippen LogP contribution in [0.1, 0.15) is 32.8 Å². The highest BCUT2D eigenvalue weighted by Crippen LogP contribution is 2.18. The number of nitrogens with one attached hydrogen (secondary N) is 1. The van der Waals surface area contributed by atoms with Crippen molar-refractivity contribution in [3.05, 3.63) is 29.8 Å². The molecule has 16 heavy (non-hydrogen) atoms. The lowest BCUT2D eigenvalue weighted by Crippen LogP contribution is -2.35. The normalized spacial score (nSPS) is 14.5. The molecule has 1 aromatic rings. The zero-order valence-corrected chi connectivity index (χ0v) is 10.8. The Hall–Kier alpha value is -1.02. The Morgan fingerprint density at radius 1 is 1.19 bits per heavy atom. The fraction of sp³-hybridized carbons (Fsp3) is 0.571. The molecule has 1 rings (SSSR count). The Bertz CT molecular complexity index is 311. The van der Waals surface area contributed by atoms with Crippen LogP contribution < -0.4 is 10.1 Å². The molecule has 2 heteroatoms. The van der Waals surface area contributed by atoms with Crippen LogP contribution in [0.2, 0.25) is 0 Å². The van der Waals surface area contributed by atoms with E-state index in [1.165, 1.54) is 5.56 Å². The lowest BCUT2D eigenvalue weighted by Gasteiger charge is -2.19. The summed E-state index contributed by atoms with van der Waals surface area (Å²) >= 11 is 0. The summed E-state index contributed by atoms with van der Waals surface area (Å²) in [5, 5.41) is 3.57. The first kappa shape index (κ1) is 13.0. The van der Waals surface area contributed by atoms with Gasteiger partial charge in [0.05, 0.1) is 7.11 Å². The predicted molar refractivity (Wildman–Crippen MR) is 69.0 cm³/mol. The van der Waals surface area contributed by atoms with Gasteiger partial charge in [0.25, 0.3) is 0 Å². The molecule has 0 saturated heterocycles.